The van der Waals surface area contributed by atoms with E-state index in [1.54, 1.807) is 0 Å². The normalized spacial score (nSPS) is 19.6. The van der Waals surface area contributed by atoms with Gasteiger partial charge in [-0.25, -0.2) is 0 Å². The summed E-state index contributed by atoms with van der Waals surface area (Å²) in [7, 11) is 0. The topological polar surface area (TPSA) is 44.5 Å². The van der Waals surface area contributed by atoms with Gasteiger partial charge in [0.1, 0.15) is 11.5 Å². The van der Waals surface area contributed by atoms with Crippen LogP contribution in [0, 0.1) is 0 Å². The number of aryl methyl sites for hydroxylation is 1. The van der Waals surface area contributed by atoms with Crippen LogP contribution in [0.3, 0.4) is 0 Å². The molecule has 0 amide bonds. The summed E-state index contributed by atoms with van der Waals surface area (Å²) in [5.74, 6) is 2.07. The quantitative estimate of drug-likeness (QED) is 0.809. The zero-order valence-electron chi connectivity index (χ0n) is 10.3. The molecule has 3 nitrogen and oxygen atoms in total. The van der Waals surface area contributed by atoms with E-state index in [4.69, 9.17) is 15.2 Å². The van der Waals surface area contributed by atoms with Crippen LogP contribution in [0.4, 0.5) is 0 Å². The van der Waals surface area contributed by atoms with Gasteiger partial charge in [-0.2, -0.15) is 0 Å². The van der Waals surface area contributed by atoms with E-state index in [2.05, 4.69) is 6.07 Å². The number of nitrogens with two attached hydrogens (primary N) is 1. The fraction of sp³-hybridized carbons (Fsp3) is 0.571. The summed E-state index contributed by atoms with van der Waals surface area (Å²) < 4.78 is 11.6. The van der Waals surface area contributed by atoms with Crippen LogP contribution in [0.25, 0.3) is 0 Å². The minimum absolute atomic E-state index is 0.0125. The van der Waals surface area contributed by atoms with Gasteiger partial charge >= 0.3 is 0 Å². The number of rotatable bonds is 1. The number of hydrogen-bond donors (Lipinski definition) is 1. The maximum atomic E-state index is 6.13. The first kappa shape index (κ1) is 10.9. The Kier molecular flexibility index (Phi) is 2.71. The van der Waals surface area contributed by atoms with E-state index in [0.717, 1.165) is 50.4 Å². The molecule has 1 atom stereocenters. The van der Waals surface area contributed by atoms with Crippen LogP contribution in [-0.4, -0.2) is 13.2 Å². The fourth-order valence-corrected chi connectivity index (χ4v) is 2.85. The van der Waals surface area contributed by atoms with Crippen molar-refractivity contribution in [3.05, 3.63) is 22.8 Å². The maximum absolute atomic E-state index is 6.13. The second-order valence-corrected chi connectivity index (χ2v) is 4.95. The summed E-state index contributed by atoms with van der Waals surface area (Å²) in [4.78, 5) is 0. The molecular formula is C14H19NO2. The van der Waals surface area contributed by atoms with Crippen LogP contribution < -0.4 is 15.2 Å². The van der Waals surface area contributed by atoms with E-state index in [1.807, 2.05) is 6.92 Å². The van der Waals surface area contributed by atoms with Crippen molar-refractivity contribution in [2.45, 2.75) is 38.6 Å². The SMILES string of the molecule is CC(N)c1c2c(cc3c1OCCC3)OCCC2. The summed E-state index contributed by atoms with van der Waals surface area (Å²) in [6.07, 6.45) is 4.30. The molecule has 1 unspecified atom stereocenters. The first-order chi connectivity index (χ1) is 8.27. The van der Waals surface area contributed by atoms with Crippen LogP contribution in [0.15, 0.2) is 6.07 Å². The Hall–Kier alpha value is -1.22. The molecule has 3 rings (SSSR count). The minimum Gasteiger partial charge on any atom is -0.493 e. The molecule has 0 fully saturated rings. The highest BCUT2D eigenvalue weighted by atomic mass is 16.5. The Labute approximate surface area is 102 Å². The van der Waals surface area contributed by atoms with Gasteiger partial charge in [-0.3, -0.25) is 0 Å². The van der Waals surface area contributed by atoms with Crippen LogP contribution in [0.5, 0.6) is 11.5 Å². The van der Waals surface area contributed by atoms with Crippen molar-refractivity contribution < 1.29 is 9.47 Å². The third-order valence-corrected chi connectivity index (χ3v) is 3.59. The Morgan fingerprint density at radius 2 is 1.94 bits per heavy atom. The molecule has 17 heavy (non-hydrogen) atoms. The number of ether oxygens (including phenoxy) is 2. The highest BCUT2D eigenvalue weighted by Crippen LogP contribution is 2.41. The number of fused-ring (bicyclic) bond motifs is 2. The minimum atomic E-state index is 0.0125. The monoisotopic (exact) mass is 233 g/mol. The molecule has 2 N–H and O–H groups in total. The molecule has 2 heterocycles. The third kappa shape index (κ3) is 1.78. The van der Waals surface area contributed by atoms with E-state index >= 15 is 0 Å². The van der Waals surface area contributed by atoms with Gasteiger partial charge in [0.2, 0.25) is 0 Å². The third-order valence-electron chi connectivity index (χ3n) is 3.59. The van der Waals surface area contributed by atoms with Crippen LogP contribution in [0.2, 0.25) is 0 Å². The second kappa shape index (κ2) is 4.22. The molecular weight excluding hydrogens is 214 g/mol. The molecule has 92 valence electrons. The van der Waals surface area contributed by atoms with Crippen LogP contribution in [-0.2, 0) is 12.8 Å². The Balaban J connectivity index is 2.19. The second-order valence-electron chi connectivity index (χ2n) is 4.95. The van der Waals surface area contributed by atoms with E-state index in [9.17, 15) is 0 Å². The summed E-state index contributed by atoms with van der Waals surface area (Å²) in [5.41, 5.74) is 9.84. The molecule has 0 aromatic heterocycles. The lowest BCUT2D eigenvalue weighted by atomic mass is 9.90. The predicted molar refractivity (Wildman–Crippen MR) is 66.7 cm³/mol. The van der Waals surface area contributed by atoms with Crippen molar-refractivity contribution in [2.24, 2.45) is 5.73 Å². The van der Waals surface area contributed by atoms with E-state index in [0.29, 0.717) is 0 Å². The van der Waals surface area contributed by atoms with Gasteiger partial charge in [0.15, 0.2) is 0 Å². The molecule has 0 saturated heterocycles. The van der Waals surface area contributed by atoms with Crippen molar-refractivity contribution in [3.63, 3.8) is 0 Å². The van der Waals surface area contributed by atoms with Crippen molar-refractivity contribution in [1.29, 1.82) is 0 Å². The Morgan fingerprint density at radius 1 is 1.18 bits per heavy atom. The van der Waals surface area contributed by atoms with Gasteiger partial charge in [0.25, 0.3) is 0 Å². The number of hydrogen-bond acceptors (Lipinski definition) is 3. The highest BCUT2D eigenvalue weighted by Gasteiger charge is 2.25. The first-order valence-electron chi connectivity index (χ1n) is 6.47. The summed E-state index contributed by atoms with van der Waals surface area (Å²) >= 11 is 0. The lowest BCUT2D eigenvalue weighted by Crippen LogP contribution is -2.20. The van der Waals surface area contributed by atoms with Gasteiger partial charge in [-0.15, -0.1) is 0 Å². The molecule has 1 aromatic carbocycles. The Bertz CT molecular complexity index is 406. The molecule has 2 aliphatic heterocycles. The van der Waals surface area contributed by atoms with Crippen LogP contribution in [0.1, 0.15) is 42.5 Å². The molecule has 0 saturated carbocycles. The summed E-state index contributed by atoms with van der Waals surface area (Å²) in [6.45, 7) is 3.67. The van der Waals surface area contributed by atoms with Gasteiger partial charge in [-0.1, -0.05) is 0 Å². The zero-order chi connectivity index (χ0) is 11.8. The predicted octanol–water partition coefficient (Wildman–Crippen LogP) is 2.36. The largest absolute Gasteiger partial charge is 0.493 e. The molecule has 0 bridgehead atoms. The van der Waals surface area contributed by atoms with E-state index in [1.165, 1.54) is 16.7 Å². The average Bonchev–Trinajstić information content (AvgIpc) is 2.35. The molecule has 0 aliphatic carbocycles. The summed E-state index contributed by atoms with van der Waals surface area (Å²) in [5, 5.41) is 0. The van der Waals surface area contributed by atoms with Gasteiger partial charge in [-0.05, 0) is 44.2 Å². The lowest BCUT2D eigenvalue weighted by Gasteiger charge is -2.28. The first-order valence-corrected chi connectivity index (χ1v) is 6.47. The highest BCUT2D eigenvalue weighted by molar-refractivity contribution is 5.56. The lowest BCUT2D eigenvalue weighted by molar-refractivity contribution is 0.268. The molecule has 0 radical (unpaired) electrons. The standard InChI is InChI=1S/C14H19NO2/c1-9(15)13-11-5-3-6-16-12(11)8-10-4-2-7-17-14(10)13/h8-9H,2-7,15H2,1H3. The van der Waals surface area contributed by atoms with Crippen molar-refractivity contribution in [3.8, 4) is 11.5 Å². The Morgan fingerprint density at radius 3 is 2.76 bits per heavy atom. The van der Waals surface area contributed by atoms with Crippen molar-refractivity contribution in [2.75, 3.05) is 13.2 Å². The van der Waals surface area contributed by atoms with Crippen molar-refractivity contribution in [1.82, 2.24) is 0 Å². The van der Waals surface area contributed by atoms with Gasteiger partial charge < -0.3 is 15.2 Å². The maximum Gasteiger partial charge on any atom is 0.127 e. The molecule has 3 heteroatoms. The zero-order valence-corrected chi connectivity index (χ0v) is 10.3. The number of benzene rings is 1. The van der Waals surface area contributed by atoms with Crippen LogP contribution >= 0.6 is 0 Å². The van der Waals surface area contributed by atoms with Gasteiger partial charge in [0.05, 0.1) is 13.2 Å². The molecule has 0 spiro atoms. The smallest absolute Gasteiger partial charge is 0.127 e. The van der Waals surface area contributed by atoms with E-state index < -0.39 is 0 Å². The summed E-state index contributed by atoms with van der Waals surface area (Å²) in [6, 6.07) is 2.17. The molecule has 1 aromatic rings. The van der Waals surface area contributed by atoms with E-state index in [-0.39, 0.29) is 6.04 Å². The average molecular weight is 233 g/mol. The molecule has 2 aliphatic rings. The van der Waals surface area contributed by atoms with Gasteiger partial charge in [0, 0.05) is 17.2 Å². The van der Waals surface area contributed by atoms with Crippen molar-refractivity contribution >= 4 is 0 Å². The fourth-order valence-electron chi connectivity index (χ4n) is 2.85.